The fraction of sp³-hybridized carbons (Fsp3) is 0.250. The normalized spacial score (nSPS) is 13.8. The maximum atomic E-state index is 11.9. The van der Waals surface area contributed by atoms with Crippen LogP contribution >= 0.6 is 0 Å². The van der Waals surface area contributed by atoms with Crippen molar-refractivity contribution in [1.82, 2.24) is 9.97 Å². The van der Waals surface area contributed by atoms with Gasteiger partial charge < -0.3 is 10.4 Å². The monoisotopic (exact) mass is 333 g/mol. The minimum Gasteiger partial charge on any atom is -0.392 e. The lowest BCUT2D eigenvalue weighted by Crippen LogP contribution is -2.14. The first-order valence-corrected chi connectivity index (χ1v) is 8.41. The molecule has 0 unspecified atom stereocenters. The molecule has 2 heterocycles. The van der Waals surface area contributed by atoms with Gasteiger partial charge in [0.05, 0.1) is 6.61 Å². The van der Waals surface area contributed by atoms with E-state index in [1.165, 1.54) is 0 Å². The summed E-state index contributed by atoms with van der Waals surface area (Å²) in [4.78, 5) is 20.6. The number of amides is 1. The van der Waals surface area contributed by atoms with Crippen LogP contribution in [-0.4, -0.2) is 21.0 Å². The molecule has 2 aromatic heterocycles. The number of aliphatic hydroxyl groups is 1. The SMILES string of the molecule is Cc1ncc(CO)cc1-c1ccc2cc(NC(=O)C3CC3)ncc2c1. The van der Waals surface area contributed by atoms with E-state index < -0.39 is 0 Å². The Labute approximate surface area is 145 Å². The Hall–Kier alpha value is -2.79. The van der Waals surface area contributed by atoms with Crippen molar-refractivity contribution >= 4 is 22.5 Å². The number of nitrogens with zero attached hydrogens (tertiary/aromatic N) is 2. The summed E-state index contributed by atoms with van der Waals surface area (Å²) in [6.07, 6.45) is 5.42. The molecule has 0 aliphatic heterocycles. The van der Waals surface area contributed by atoms with E-state index in [1.807, 2.05) is 31.2 Å². The van der Waals surface area contributed by atoms with Gasteiger partial charge in [-0.05, 0) is 54.5 Å². The first-order chi connectivity index (χ1) is 12.1. The van der Waals surface area contributed by atoms with Crippen molar-refractivity contribution in [2.24, 2.45) is 5.92 Å². The second-order valence-electron chi connectivity index (χ2n) is 6.53. The second kappa shape index (κ2) is 6.26. The number of fused-ring (bicyclic) bond motifs is 1. The molecule has 25 heavy (non-hydrogen) atoms. The molecular weight excluding hydrogens is 314 g/mol. The van der Waals surface area contributed by atoms with Crippen LogP contribution in [0.5, 0.6) is 0 Å². The Balaban J connectivity index is 1.67. The average molecular weight is 333 g/mol. The van der Waals surface area contributed by atoms with Crippen LogP contribution in [0.2, 0.25) is 0 Å². The van der Waals surface area contributed by atoms with Gasteiger partial charge in [0.2, 0.25) is 5.91 Å². The average Bonchev–Trinajstić information content (AvgIpc) is 3.47. The molecule has 1 amide bonds. The van der Waals surface area contributed by atoms with Crippen LogP contribution in [0.3, 0.4) is 0 Å². The fourth-order valence-corrected chi connectivity index (χ4v) is 2.91. The van der Waals surface area contributed by atoms with Crippen molar-refractivity contribution in [2.45, 2.75) is 26.4 Å². The minimum absolute atomic E-state index is 0.0283. The molecule has 5 nitrogen and oxygen atoms in total. The highest BCUT2D eigenvalue weighted by Crippen LogP contribution is 2.31. The van der Waals surface area contributed by atoms with E-state index >= 15 is 0 Å². The molecule has 4 rings (SSSR count). The molecule has 1 aliphatic carbocycles. The lowest BCUT2D eigenvalue weighted by atomic mass is 10.00. The van der Waals surface area contributed by atoms with E-state index in [-0.39, 0.29) is 18.4 Å². The molecule has 126 valence electrons. The third-order valence-electron chi connectivity index (χ3n) is 4.56. The summed E-state index contributed by atoms with van der Waals surface area (Å²) in [7, 11) is 0. The topological polar surface area (TPSA) is 75.1 Å². The molecule has 5 heteroatoms. The van der Waals surface area contributed by atoms with Crippen LogP contribution in [0.4, 0.5) is 5.82 Å². The summed E-state index contributed by atoms with van der Waals surface area (Å²) in [5.41, 5.74) is 3.73. The van der Waals surface area contributed by atoms with Crippen LogP contribution in [0.15, 0.2) is 42.7 Å². The summed E-state index contributed by atoms with van der Waals surface area (Å²) in [5, 5.41) is 14.2. The van der Waals surface area contributed by atoms with E-state index in [0.717, 1.165) is 46.0 Å². The molecular formula is C20H19N3O2. The maximum absolute atomic E-state index is 11.9. The molecule has 1 fully saturated rings. The molecule has 0 spiro atoms. The van der Waals surface area contributed by atoms with Crippen LogP contribution < -0.4 is 5.32 Å². The van der Waals surface area contributed by atoms with Gasteiger partial charge in [-0.25, -0.2) is 4.98 Å². The van der Waals surface area contributed by atoms with Gasteiger partial charge in [-0.1, -0.05) is 12.1 Å². The van der Waals surface area contributed by atoms with Crippen molar-refractivity contribution < 1.29 is 9.90 Å². The molecule has 0 saturated heterocycles. The first-order valence-electron chi connectivity index (χ1n) is 8.41. The zero-order valence-electron chi connectivity index (χ0n) is 14.0. The van der Waals surface area contributed by atoms with Crippen LogP contribution in [0.25, 0.3) is 21.9 Å². The molecule has 0 atom stereocenters. The van der Waals surface area contributed by atoms with Crippen molar-refractivity contribution in [3.63, 3.8) is 0 Å². The van der Waals surface area contributed by atoms with Gasteiger partial charge in [0, 0.05) is 35.0 Å². The number of benzene rings is 1. The third-order valence-corrected chi connectivity index (χ3v) is 4.56. The number of carbonyl (C=O) groups is 1. The van der Waals surface area contributed by atoms with Gasteiger partial charge in [-0.15, -0.1) is 0 Å². The Bertz CT molecular complexity index is 964. The van der Waals surface area contributed by atoms with E-state index in [1.54, 1.807) is 12.4 Å². The highest BCUT2D eigenvalue weighted by molar-refractivity contribution is 5.96. The van der Waals surface area contributed by atoms with Gasteiger partial charge >= 0.3 is 0 Å². The Morgan fingerprint density at radius 3 is 2.76 bits per heavy atom. The zero-order valence-corrected chi connectivity index (χ0v) is 14.0. The second-order valence-corrected chi connectivity index (χ2v) is 6.53. The summed E-state index contributed by atoms with van der Waals surface area (Å²) in [5.74, 6) is 0.817. The van der Waals surface area contributed by atoms with Crippen LogP contribution in [0, 0.1) is 12.8 Å². The Morgan fingerprint density at radius 2 is 2.00 bits per heavy atom. The van der Waals surface area contributed by atoms with Crippen molar-refractivity contribution in [2.75, 3.05) is 5.32 Å². The number of rotatable bonds is 4. The van der Waals surface area contributed by atoms with E-state index in [4.69, 9.17) is 0 Å². The molecule has 1 saturated carbocycles. The van der Waals surface area contributed by atoms with Gasteiger partial charge in [0.25, 0.3) is 0 Å². The number of aromatic nitrogens is 2. The molecule has 0 bridgehead atoms. The summed E-state index contributed by atoms with van der Waals surface area (Å²) < 4.78 is 0. The van der Waals surface area contributed by atoms with E-state index in [9.17, 15) is 9.90 Å². The summed E-state index contributed by atoms with van der Waals surface area (Å²) in [6, 6.07) is 9.96. The molecule has 0 radical (unpaired) electrons. The van der Waals surface area contributed by atoms with Crippen LogP contribution in [-0.2, 0) is 11.4 Å². The van der Waals surface area contributed by atoms with Crippen molar-refractivity contribution in [1.29, 1.82) is 0 Å². The van der Waals surface area contributed by atoms with Crippen molar-refractivity contribution in [3.05, 3.63) is 54.0 Å². The summed E-state index contributed by atoms with van der Waals surface area (Å²) >= 11 is 0. The number of hydrogen-bond acceptors (Lipinski definition) is 4. The quantitative estimate of drug-likeness (QED) is 0.767. The van der Waals surface area contributed by atoms with Crippen molar-refractivity contribution in [3.8, 4) is 11.1 Å². The number of aliphatic hydroxyl groups excluding tert-OH is 1. The molecule has 1 aromatic carbocycles. The fourth-order valence-electron chi connectivity index (χ4n) is 2.91. The van der Waals surface area contributed by atoms with Gasteiger partial charge in [-0.2, -0.15) is 0 Å². The largest absolute Gasteiger partial charge is 0.392 e. The van der Waals surface area contributed by atoms with Crippen LogP contribution in [0.1, 0.15) is 24.1 Å². The number of nitrogens with one attached hydrogen (secondary N) is 1. The lowest BCUT2D eigenvalue weighted by molar-refractivity contribution is -0.117. The zero-order chi connectivity index (χ0) is 17.4. The Kier molecular flexibility index (Phi) is 3.93. The predicted molar refractivity (Wildman–Crippen MR) is 97.0 cm³/mol. The number of carbonyl (C=O) groups excluding carboxylic acids is 1. The highest BCUT2D eigenvalue weighted by atomic mass is 16.3. The highest BCUT2D eigenvalue weighted by Gasteiger charge is 2.29. The summed E-state index contributed by atoms with van der Waals surface area (Å²) in [6.45, 7) is 1.93. The number of pyridine rings is 2. The third kappa shape index (κ3) is 3.23. The maximum Gasteiger partial charge on any atom is 0.228 e. The van der Waals surface area contributed by atoms with Gasteiger partial charge in [0.15, 0.2) is 0 Å². The molecule has 2 N–H and O–H groups in total. The first kappa shape index (κ1) is 15.7. The number of aryl methyl sites for hydroxylation is 1. The minimum atomic E-state index is -0.0283. The smallest absolute Gasteiger partial charge is 0.228 e. The number of anilines is 1. The Morgan fingerprint density at radius 1 is 1.16 bits per heavy atom. The van der Waals surface area contributed by atoms with Gasteiger partial charge in [0.1, 0.15) is 5.82 Å². The van der Waals surface area contributed by atoms with Gasteiger partial charge in [-0.3, -0.25) is 9.78 Å². The standard InChI is InChI=1S/C20H19N3O2/c1-12-18(6-13(11-24)9-21-12)16-5-4-15-8-19(22-10-17(15)7-16)23-20(25)14-2-3-14/h4-10,14,24H,2-3,11H2,1H3,(H,22,23,25). The number of hydrogen-bond donors (Lipinski definition) is 2. The molecule has 1 aliphatic rings. The van der Waals surface area contributed by atoms with E-state index in [0.29, 0.717) is 5.82 Å². The molecule has 3 aromatic rings. The predicted octanol–water partition coefficient (Wildman–Crippen LogP) is 3.45. The lowest BCUT2D eigenvalue weighted by Gasteiger charge is -2.09. The van der Waals surface area contributed by atoms with E-state index in [2.05, 4.69) is 21.4 Å².